The predicted octanol–water partition coefficient (Wildman–Crippen LogP) is 9.50. The van der Waals surface area contributed by atoms with Gasteiger partial charge in [-0.3, -0.25) is 0 Å². The summed E-state index contributed by atoms with van der Waals surface area (Å²) in [4.78, 5) is 2.33. The van der Waals surface area contributed by atoms with Crippen LogP contribution in [-0.2, 0) is 10.8 Å². The minimum Gasteiger partial charge on any atom is -0.418 e. The first-order chi connectivity index (χ1) is 19.7. The van der Waals surface area contributed by atoms with Crippen LogP contribution in [0.2, 0.25) is 0 Å². The average Bonchev–Trinajstić information content (AvgIpc) is 3.26. The molecular weight excluding hydrogens is 535 g/mol. The van der Waals surface area contributed by atoms with Gasteiger partial charge in [-0.25, -0.2) is 0 Å². The predicted molar refractivity (Wildman–Crippen MR) is 169 cm³/mol. The monoisotopic (exact) mass is 572 g/mol. The molecule has 42 heavy (non-hydrogen) atoms. The van der Waals surface area contributed by atoms with Crippen molar-refractivity contribution < 1.29 is 21.8 Å². The van der Waals surface area contributed by atoms with E-state index in [1.54, 1.807) is 0 Å². The van der Waals surface area contributed by atoms with E-state index in [4.69, 9.17) is 0 Å². The quantitative estimate of drug-likeness (QED) is 0.128. The van der Waals surface area contributed by atoms with E-state index in [0.29, 0.717) is 0 Å². The molecule has 7 heteroatoms. The highest BCUT2D eigenvalue weighted by Gasteiger charge is 2.42. The fourth-order valence-corrected chi connectivity index (χ4v) is 5.88. The van der Waals surface area contributed by atoms with E-state index in [2.05, 4.69) is 167 Å². The second kappa shape index (κ2) is 12.0. The molecule has 0 aliphatic carbocycles. The number of benzene rings is 3. The number of nitrogens with zero attached hydrogens (tertiary/aromatic N) is 2. The van der Waals surface area contributed by atoms with Crippen LogP contribution >= 0.6 is 0 Å². The van der Waals surface area contributed by atoms with Crippen molar-refractivity contribution in [2.75, 3.05) is 19.0 Å². The fraction of sp³-hybridized carbons (Fsp3) is 0.229. The molecule has 0 bridgehead atoms. The van der Waals surface area contributed by atoms with Crippen LogP contribution in [0.25, 0.3) is 6.08 Å². The van der Waals surface area contributed by atoms with Crippen LogP contribution in [0.1, 0.15) is 44.4 Å². The lowest BCUT2D eigenvalue weighted by molar-refractivity contribution is -0.401. The third kappa shape index (κ3) is 6.67. The van der Waals surface area contributed by atoms with Gasteiger partial charge in [-0.2, -0.15) is 4.58 Å². The van der Waals surface area contributed by atoms with Crippen LogP contribution < -0.4 is 4.90 Å². The van der Waals surface area contributed by atoms with Gasteiger partial charge >= 0.3 is 7.25 Å². The van der Waals surface area contributed by atoms with Crippen molar-refractivity contribution in [1.82, 2.24) is 0 Å². The lowest BCUT2D eigenvalue weighted by atomic mass is 9.81. The lowest BCUT2D eigenvalue weighted by Gasteiger charge is -2.23. The molecule has 0 spiro atoms. The van der Waals surface area contributed by atoms with Crippen LogP contribution in [0.3, 0.4) is 0 Å². The Morgan fingerprint density at radius 2 is 1.29 bits per heavy atom. The summed E-state index contributed by atoms with van der Waals surface area (Å²) < 4.78 is 41.3. The van der Waals surface area contributed by atoms with E-state index in [9.17, 15) is 17.3 Å². The van der Waals surface area contributed by atoms with Crippen molar-refractivity contribution in [2.24, 2.45) is 0 Å². The number of allylic oxidation sites excluding steroid dienone is 7. The minimum absolute atomic E-state index is 0.0517. The van der Waals surface area contributed by atoms with Gasteiger partial charge in [-0.1, -0.05) is 98.8 Å². The Bertz CT molecular complexity index is 1590. The van der Waals surface area contributed by atoms with Gasteiger partial charge in [0.1, 0.15) is 7.05 Å². The van der Waals surface area contributed by atoms with Crippen molar-refractivity contribution in [3.63, 3.8) is 0 Å². The summed E-state index contributed by atoms with van der Waals surface area (Å²) in [6.07, 6.45) is 13.5. The Morgan fingerprint density at radius 3 is 1.90 bits per heavy atom. The summed E-state index contributed by atoms with van der Waals surface area (Å²) in [5.74, 6) is 0. The topological polar surface area (TPSA) is 6.25 Å². The molecule has 5 rings (SSSR count). The fourth-order valence-electron chi connectivity index (χ4n) is 5.88. The summed E-state index contributed by atoms with van der Waals surface area (Å²) in [7, 11) is -1.66. The maximum Gasteiger partial charge on any atom is 0.673 e. The van der Waals surface area contributed by atoms with Crippen molar-refractivity contribution in [1.29, 1.82) is 0 Å². The minimum atomic E-state index is -6.00. The van der Waals surface area contributed by atoms with E-state index in [1.807, 2.05) is 0 Å². The molecule has 218 valence electrons. The molecule has 2 aliphatic rings. The third-order valence-corrected chi connectivity index (χ3v) is 8.02. The summed E-state index contributed by atoms with van der Waals surface area (Å²) in [6, 6.07) is 27.9. The molecule has 0 atom stereocenters. The molecule has 2 heterocycles. The number of para-hydroxylation sites is 2. The summed E-state index contributed by atoms with van der Waals surface area (Å²) in [6.45, 7) is 9.25. The van der Waals surface area contributed by atoms with E-state index in [1.165, 1.54) is 39.5 Å². The Hall–Kier alpha value is -4.13. The number of fused-ring (bicyclic) bond motifs is 2. The van der Waals surface area contributed by atoms with Crippen LogP contribution in [0, 0.1) is 0 Å². The van der Waals surface area contributed by atoms with Gasteiger partial charge in [-0.15, -0.1) is 0 Å². The second-order valence-electron chi connectivity index (χ2n) is 11.6. The van der Waals surface area contributed by atoms with E-state index < -0.39 is 7.25 Å². The number of hydrogen-bond donors (Lipinski definition) is 0. The van der Waals surface area contributed by atoms with E-state index in [-0.39, 0.29) is 10.8 Å². The average molecular weight is 572 g/mol. The standard InChI is InChI=1S/C35H37N2.BF4/c1-34(2)28-16-10-12-18-30(28)36(5)32(34)24-22-27(21-20-26-14-8-7-9-15-26)23-25-33-35(3,4)29-17-11-13-19-31(29)37(33)6;2-1(3,4)5/h7-25H,1-6H3;/q+1;-1/b21-20+;. The van der Waals surface area contributed by atoms with Gasteiger partial charge in [0.05, 0.1) is 5.41 Å². The Balaban J connectivity index is 0.000000748. The molecule has 3 aromatic carbocycles. The molecule has 3 aromatic rings. The normalized spacial score (nSPS) is 18.5. The van der Waals surface area contributed by atoms with Crippen LogP contribution in [0.4, 0.5) is 28.6 Å². The number of hydrogen-bond acceptors (Lipinski definition) is 1. The number of likely N-dealkylation sites (N-methyl/N-ethyl adjacent to an activating group) is 1. The zero-order valence-electron chi connectivity index (χ0n) is 25.0. The largest absolute Gasteiger partial charge is 0.673 e. The number of anilines is 1. The molecule has 0 saturated heterocycles. The van der Waals surface area contributed by atoms with Crippen molar-refractivity contribution >= 4 is 30.4 Å². The molecule has 2 nitrogen and oxygen atoms in total. The molecule has 0 saturated carbocycles. The Labute approximate surface area is 246 Å². The zero-order chi connectivity index (χ0) is 30.7. The second-order valence-corrected chi connectivity index (χ2v) is 11.6. The first kappa shape index (κ1) is 30.8. The SMILES string of the molecule is CN1/C(=C/C=C(/C=C/C2=[N+](C)c3ccccc3C2(C)C)\C=C\c2ccccc2)C(C)(C)c2ccccc21.F[B-](F)(F)F. The van der Waals surface area contributed by atoms with E-state index >= 15 is 0 Å². The highest BCUT2D eigenvalue weighted by atomic mass is 19.5. The van der Waals surface area contributed by atoms with Crippen molar-refractivity contribution in [2.45, 2.75) is 38.5 Å². The Morgan fingerprint density at radius 1 is 0.738 bits per heavy atom. The highest BCUT2D eigenvalue weighted by molar-refractivity contribution is 6.50. The lowest BCUT2D eigenvalue weighted by Crippen LogP contribution is -2.26. The first-order valence-corrected chi connectivity index (χ1v) is 14.0. The maximum absolute atomic E-state index is 9.75. The number of rotatable bonds is 5. The van der Waals surface area contributed by atoms with Crippen LogP contribution in [-0.4, -0.2) is 31.6 Å². The molecule has 0 aromatic heterocycles. The van der Waals surface area contributed by atoms with Gasteiger partial charge < -0.3 is 22.2 Å². The van der Waals surface area contributed by atoms with Gasteiger partial charge in [0, 0.05) is 41.6 Å². The van der Waals surface area contributed by atoms with Gasteiger partial charge in [-0.05, 0) is 48.8 Å². The summed E-state index contributed by atoms with van der Waals surface area (Å²) >= 11 is 0. The van der Waals surface area contributed by atoms with E-state index in [0.717, 1.165) is 5.57 Å². The molecule has 0 N–H and O–H groups in total. The van der Waals surface area contributed by atoms with Crippen LogP contribution in [0.5, 0.6) is 0 Å². The molecule has 0 fully saturated rings. The maximum atomic E-state index is 9.75. The highest BCUT2D eigenvalue weighted by Crippen LogP contribution is 2.46. The Kier molecular flexibility index (Phi) is 8.81. The molecule has 0 amide bonds. The van der Waals surface area contributed by atoms with Crippen molar-refractivity contribution in [3.05, 3.63) is 137 Å². The molecule has 0 radical (unpaired) electrons. The summed E-state index contributed by atoms with van der Waals surface area (Å²) in [5.41, 5.74) is 10.2. The molecular formula is C35H37BF4N2. The van der Waals surface area contributed by atoms with Gasteiger partial charge in [0.2, 0.25) is 5.69 Å². The zero-order valence-corrected chi connectivity index (χ0v) is 25.0. The molecule has 0 unspecified atom stereocenters. The smallest absolute Gasteiger partial charge is 0.418 e. The van der Waals surface area contributed by atoms with Gasteiger partial charge in [0.25, 0.3) is 0 Å². The number of halogens is 4. The van der Waals surface area contributed by atoms with Crippen LogP contribution in [0.15, 0.2) is 121 Å². The van der Waals surface area contributed by atoms with Gasteiger partial charge in [0.15, 0.2) is 5.71 Å². The third-order valence-electron chi connectivity index (χ3n) is 8.02. The first-order valence-electron chi connectivity index (χ1n) is 14.0. The molecule has 2 aliphatic heterocycles. The van der Waals surface area contributed by atoms with Crippen molar-refractivity contribution in [3.8, 4) is 0 Å². The summed E-state index contributed by atoms with van der Waals surface area (Å²) in [5, 5.41) is 0.